The fourth-order valence-electron chi connectivity index (χ4n) is 5.81. The van der Waals surface area contributed by atoms with Crippen LogP contribution in [0.4, 0.5) is 17.6 Å². The fraction of sp³-hybridized carbons (Fsp3) is 0.552. The van der Waals surface area contributed by atoms with E-state index in [0.717, 1.165) is 12.8 Å². The van der Waals surface area contributed by atoms with Crippen molar-refractivity contribution in [2.75, 3.05) is 39.3 Å². The molecular weight excluding hydrogens is 500 g/mol. The van der Waals surface area contributed by atoms with Crippen LogP contribution in [0.25, 0.3) is 11.1 Å². The zero-order valence-corrected chi connectivity index (χ0v) is 21.4. The number of likely N-dealkylation sites (tertiary alicyclic amines) is 2. The number of hydrogen-bond acceptors (Lipinski definition) is 4. The van der Waals surface area contributed by atoms with Gasteiger partial charge in [-0.3, -0.25) is 4.79 Å². The Bertz CT molecular complexity index is 1130. The highest BCUT2D eigenvalue weighted by molar-refractivity contribution is 5.95. The van der Waals surface area contributed by atoms with Gasteiger partial charge >= 0.3 is 6.18 Å². The van der Waals surface area contributed by atoms with Crippen LogP contribution in [0.2, 0.25) is 0 Å². The highest BCUT2D eigenvalue weighted by Gasteiger charge is 2.58. The molecule has 0 aromatic heterocycles. The van der Waals surface area contributed by atoms with E-state index in [0.29, 0.717) is 56.0 Å². The van der Waals surface area contributed by atoms with E-state index in [1.807, 2.05) is 4.90 Å². The van der Waals surface area contributed by atoms with Gasteiger partial charge in [0.2, 0.25) is 0 Å². The third-order valence-corrected chi connectivity index (χ3v) is 8.46. The second kappa shape index (κ2) is 10.8. The summed E-state index contributed by atoms with van der Waals surface area (Å²) in [5.41, 5.74) is -0.212. The normalized spacial score (nSPS) is 22.3. The zero-order chi connectivity index (χ0) is 26.9. The molecule has 2 aliphatic heterocycles. The molecule has 0 bridgehead atoms. The first-order valence-corrected chi connectivity index (χ1v) is 13.4. The molecule has 2 aromatic carbocycles. The van der Waals surface area contributed by atoms with Crippen LogP contribution in [0.15, 0.2) is 42.5 Å². The summed E-state index contributed by atoms with van der Waals surface area (Å²) in [6, 6.07) is 11.5. The van der Waals surface area contributed by atoms with Gasteiger partial charge in [-0.15, -0.1) is 0 Å². The van der Waals surface area contributed by atoms with Crippen LogP contribution in [-0.4, -0.2) is 72.4 Å². The van der Waals surface area contributed by atoms with Crippen LogP contribution >= 0.6 is 0 Å². The molecule has 2 heterocycles. The van der Waals surface area contributed by atoms with E-state index in [4.69, 9.17) is 4.74 Å². The summed E-state index contributed by atoms with van der Waals surface area (Å²) in [5, 5.41) is 9.65. The largest absolute Gasteiger partial charge is 0.493 e. The van der Waals surface area contributed by atoms with E-state index in [1.54, 1.807) is 36.4 Å². The lowest BCUT2D eigenvalue weighted by molar-refractivity contribution is -0.256. The fourth-order valence-corrected chi connectivity index (χ4v) is 5.81. The summed E-state index contributed by atoms with van der Waals surface area (Å²) < 4.78 is 61.3. The van der Waals surface area contributed by atoms with E-state index >= 15 is 0 Å². The first-order chi connectivity index (χ1) is 18.1. The van der Waals surface area contributed by atoms with E-state index in [1.165, 1.54) is 11.0 Å². The van der Waals surface area contributed by atoms with Crippen LogP contribution in [0, 0.1) is 17.2 Å². The average molecular weight is 535 g/mol. The number of aliphatic hydroxyl groups is 1. The standard InChI is InChI=1S/C29H34F4N2O3/c30-26-16-22(27(37)35-15-10-23(36)17-35)4-7-25(26)21-2-5-24(6-3-21)38-18-20-8-13-34(14-9-20)19-28(11-1-12-28)29(31,32)33/h2-7,16,20,23,36H,1,8-15,17-19H2. The van der Waals surface area contributed by atoms with Crippen LogP contribution in [0.3, 0.4) is 0 Å². The number of aliphatic hydroxyl groups excluding tert-OH is 1. The molecule has 2 saturated heterocycles. The van der Waals surface area contributed by atoms with Gasteiger partial charge in [0, 0.05) is 30.8 Å². The van der Waals surface area contributed by atoms with Crippen molar-refractivity contribution < 1.29 is 32.2 Å². The van der Waals surface area contributed by atoms with Gasteiger partial charge in [0.25, 0.3) is 5.91 Å². The van der Waals surface area contributed by atoms with Crippen molar-refractivity contribution in [1.82, 2.24) is 9.80 Å². The molecular formula is C29H34F4N2O3. The van der Waals surface area contributed by atoms with Crippen LogP contribution < -0.4 is 4.74 Å². The average Bonchev–Trinajstić information content (AvgIpc) is 3.31. The topological polar surface area (TPSA) is 53.0 Å². The van der Waals surface area contributed by atoms with Crippen molar-refractivity contribution >= 4 is 5.91 Å². The van der Waals surface area contributed by atoms with Crippen molar-refractivity contribution in [1.29, 1.82) is 0 Å². The molecule has 1 unspecified atom stereocenters. The minimum atomic E-state index is -4.13. The number of halogens is 4. The molecule has 206 valence electrons. The van der Waals surface area contributed by atoms with Gasteiger partial charge in [0.05, 0.1) is 18.1 Å². The molecule has 0 radical (unpaired) electrons. The number of piperidine rings is 1. The Labute approximate surface area is 220 Å². The minimum absolute atomic E-state index is 0.110. The van der Waals surface area contributed by atoms with Crippen molar-refractivity contribution in [2.24, 2.45) is 11.3 Å². The SMILES string of the molecule is O=C(c1ccc(-c2ccc(OCC3CCN(CC4(C(F)(F)F)CCC4)CC3)cc2)c(F)c1)N1CCC(O)C1. The molecule has 2 aromatic rings. The zero-order valence-electron chi connectivity index (χ0n) is 21.4. The van der Waals surface area contributed by atoms with Crippen molar-refractivity contribution in [3.05, 3.63) is 53.8 Å². The Morgan fingerprint density at radius 2 is 1.74 bits per heavy atom. The van der Waals surface area contributed by atoms with Gasteiger partial charge in [-0.2, -0.15) is 13.2 Å². The second-order valence-corrected chi connectivity index (χ2v) is 11.1. The Morgan fingerprint density at radius 3 is 2.29 bits per heavy atom. The Hall–Kier alpha value is -2.65. The number of carbonyl (C=O) groups excluding carboxylic acids is 1. The molecule has 1 amide bonds. The van der Waals surface area contributed by atoms with Gasteiger partial charge in [-0.1, -0.05) is 24.6 Å². The lowest BCUT2D eigenvalue weighted by Gasteiger charge is -2.47. The van der Waals surface area contributed by atoms with E-state index in [-0.39, 0.29) is 43.3 Å². The number of β-amino-alcohol motifs (C(OH)–C–C–N with tert-alkyl or cyclic N) is 1. The summed E-state index contributed by atoms with van der Waals surface area (Å²) in [6.45, 7) is 2.64. The van der Waals surface area contributed by atoms with Gasteiger partial charge in [-0.05, 0) is 80.9 Å². The predicted octanol–water partition coefficient (Wildman–Crippen LogP) is 5.52. The predicted molar refractivity (Wildman–Crippen MR) is 135 cm³/mol. The van der Waals surface area contributed by atoms with Gasteiger partial charge < -0.3 is 19.6 Å². The summed E-state index contributed by atoms with van der Waals surface area (Å²) in [6.07, 6.45) is -1.38. The minimum Gasteiger partial charge on any atom is -0.493 e. The van der Waals surface area contributed by atoms with E-state index in [9.17, 15) is 27.5 Å². The molecule has 1 aliphatic carbocycles. The Kier molecular flexibility index (Phi) is 7.69. The Morgan fingerprint density at radius 1 is 1.03 bits per heavy atom. The van der Waals surface area contributed by atoms with Crippen molar-refractivity contribution in [3.8, 4) is 16.9 Å². The number of alkyl halides is 3. The van der Waals surface area contributed by atoms with Crippen molar-refractivity contribution in [2.45, 2.75) is 50.8 Å². The molecule has 1 atom stereocenters. The first kappa shape index (κ1) is 26.9. The highest BCUT2D eigenvalue weighted by atomic mass is 19.4. The lowest BCUT2D eigenvalue weighted by Crippen LogP contribution is -2.53. The lowest BCUT2D eigenvalue weighted by atomic mass is 9.67. The second-order valence-electron chi connectivity index (χ2n) is 11.1. The number of carbonyl (C=O) groups is 1. The quantitative estimate of drug-likeness (QED) is 0.475. The van der Waals surface area contributed by atoms with Crippen LogP contribution in [0.1, 0.15) is 48.9 Å². The molecule has 9 heteroatoms. The summed E-state index contributed by atoms with van der Waals surface area (Å²) in [5.74, 6) is 0.157. The van der Waals surface area contributed by atoms with Crippen LogP contribution in [0.5, 0.6) is 5.75 Å². The van der Waals surface area contributed by atoms with Gasteiger partial charge in [0.15, 0.2) is 0 Å². The smallest absolute Gasteiger partial charge is 0.395 e. The number of benzene rings is 2. The molecule has 3 aliphatic rings. The number of nitrogens with zero attached hydrogens (tertiary/aromatic N) is 2. The van der Waals surface area contributed by atoms with Crippen LogP contribution in [-0.2, 0) is 0 Å². The summed E-state index contributed by atoms with van der Waals surface area (Å²) >= 11 is 0. The maximum absolute atomic E-state index is 14.9. The van der Waals surface area contributed by atoms with Crippen molar-refractivity contribution in [3.63, 3.8) is 0 Å². The summed E-state index contributed by atoms with van der Waals surface area (Å²) in [4.78, 5) is 16.0. The molecule has 1 saturated carbocycles. The maximum Gasteiger partial charge on any atom is 0.395 e. The maximum atomic E-state index is 14.9. The Balaban J connectivity index is 1.11. The van der Waals surface area contributed by atoms with Gasteiger partial charge in [-0.25, -0.2) is 4.39 Å². The molecule has 3 fully saturated rings. The van der Waals surface area contributed by atoms with E-state index in [2.05, 4.69) is 0 Å². The van der Waals surface area contributed by atoms with E-state index < -0.39 is 23.5 Å². The van der Waals surface area contributed by atoms with Gasteiger partial charge in [0.1, 0.15) is 11.6 Å². The monoisotopic (exact) mass is 534 g/mol. The number of rotatable bonds is 7. The summed E-state index contributed by atoms with van der Waals surface area (Å²) in [7, 11) is 0. The number of amides is 1. The molecule has 0 spiro atoms. The highest BCUT2D eigenvalue weighted by Crippen LogP contribution is 2.53. The molecule has 5 rings (SSSR count). The number of ether oxygens (including phenoxy) is 1. The molecule has 1 N–H and O–H groups in total. The molecule has 5 nitrogen and oxygen atoms in total. The third-order valence-electron chi connectivity index (χ3n) is 8.46. The number of hydrogen-bond donors (Lipinski definition) is 1. The molecule has 38 heavy (non-hydrogen) atoms. The first-order valence-electron chi connectivity index (χ1n) is 13.4. The third kappa shape index (κ3) is 5.69.